The van der Waals surface area contributed by atoms with Crippen LogP contribution < -0.4 is 11.5 Å². The Labute approximate surface area is 217 Å². The van der Waals surface area contributed by atoms with Gasteiger partial charge >= 0.3 is 0 Å². The molecule has 0 unspecified atom stereocenters. The molecule has 0 aliphatic carbocycles. The third kappa shape index (κ3) is 3.51. The number of rotatable bonds is 4. The molecule has 0 fully saturated rings. The van der Waals surface area contributed by atoms with Gasteiger partial charge in [0.05, 0.1) is 11.4 Å². The Bertz CT molecular complexity index is 1620. The number of carbonyl (C=O) groups is 2. The number of thiophene rings is 2. The lowest BCUT2D eigenvalue weighted by molar-refractivity contribution is 0.103. The normalized spacial score (nSPS) is 11.5. The fourth-order valence-electron chi connectivity index (χ4n) is 4.51. The summed E-state index contributed by atoms with van der Waals surface area (Å²) < 4.78 is 0. The van der Waals surface area contributed by atoms with E-state index in [1.807, 2.05) is 41.5 Å². The summed E-state index contributed by atoms with van der Waals surface area (Å²) in [4.78, 5) is 38.4. The number of fused-ring (bicyclic) bond motifs is 2. The molecule has 6 nitrogen and oxygen atoms in total. The van der Waals surface area contributed by atoms with Crippen LogP contribution in [0.1, 0.15) is 64.1 Å². The lowest BCUT2D eigenvalue weighted by atomic mass is 10.0. The Morgan fingerprint density at radius 3 is 1.28 bits per heavy atom. The topological polar surface area (TPSA) is 112 Å². The van der Waals surface area contributed by atoms with E-state index < -0.39 is 0 Å². The quantitative estimate of drug-likeness (QED) is 0.269. The van der Waals surface area contributed by atoms with Crippen LogP contribution >= 0.6 is 22.7 Å². The van der Waals surface area contributed by atoms with E-state index in [0.29, 0.717) is 32.3 Å². The van der Waals surface area contributed by atoms with Crippen molar-refractivity contribution in [1.82, 2.24) is 9.97 Å². The summed E-state index contributed by atoms with van der Waals surface area (Å²) in [5, 5.41) is 1.68. The van der Waals surface area contributed by atoms with Crippen LogP contribution in [0, 0.1) is 41.5 Å². The molecule has 1 aromatic carbocycles. The van der Waals surface area contributed by atoms with Crippen molar-refractivity contribution >= 4 is 66.0 Å². The second kappa shape index (κ2) is 8.50. The molecule has 5 aromatic rings. The van der Waals surface area contributed by atoms with E-state index in [-0.39, 0.29) is 11.6 Å². The Balaban J connectivity index is 1.50. The lowest BCUT2D eigenvalue weighted by Crippen LogP contribution is -2.05. The van der Waals surface area contributed by atoms with E-state index in [1.54, 1.807) is 24.3 Å². The number of nitrogens with zero attached hydrogens (tertiary/aromatic N) is 2. The maximum atomic E-state index is 13.3. The van der Waals surface area contributed by atoms with Crippen LogP contribution in [0.25, 0.3) is 20.4 Å². The molecule has 36 heavy (non-hydrogen) atoms. The highest BCUT2D eigenvalue weighted by molar-refractivity contribution is 7.21. The fraction of sp³-hybridized carbons (Fsp3) is 0.214. The summed E-state index contributed by atoms with van der Waals surface area (Å²) in [6.45, 7) is 11.9. The molecule has 0 radical (unpaired) electrons. The minimum absolute atomic E-state index is 0.184. The number of nitrogen functional groups attached to an aromatic ring is 2. The number of carbonyl (C=O) groups excluding carboxylic acids is 2. The first-order valence-electron chi connectivity index (χ1n) is 11.5. The SMILES string of the molecule is Cc1nc2sc(C(=O)c3ccc(C(=O)c4sc5nc(C)c(C)c(C)c5c4N)cc3)c(N)c2c(C)c1C. The van der Waals surface area contributed by atoms with Crippen LogP contribution in [0.2, 0.25) is 0 Å². The summed E-state index contributed by atoms with van der Waals surface area (Å²) in [7, 11) is 0. The number of aryl methyl sites for hydroxylation is 4. The van der Waals surface area contributed by atoms with Gasteiger partial charge in [-0.3, -0.25) is 9.59 Å². The molecule has 4 aromatic heterocycles. The molecular formula is C28H26N4O2S2. The molecule has 4 N–H and O–H groups in total. The van der Waals surface area contributed by atoms with Gasteiger partial charge in [0.15, 0.2) is 0 Å². The zero-order chi connectivity index (χ0) is 26.0. The molecule has 0 bridgehead atoms. The Kier molecular flexibility index (Phi) is 5.69. The van der Waals surface area contributed by atoms with E-state index >= 15 is 0 Å². The van der Waals surface area contributed by atoms with Crippen LogP contribution in [-0.2, 0) is 0 Å². The highest BCUT2D eigenvalue weighted by Gasteiger charge is 2.24. The minimum Gasteiger partial charge on any atom is -0.397 e. The zero-order valence-corrected chi connectivity index (χ0v) is 22.6. The smallest absolute Gasteiger partial charge is 0.205 e. The summed E-state index contributed by atoms with van der Waals surface area (Å²) in [6, 6.07) is 6.66. The predicted octanol–water partition coefficient (Wildman–Crippen LogP) is 6.38. The molecule has 4 heterocycles. The van der Waals surface area contributed by atoms with Gasteiger partial charge in [0.1, 0.15) is 19.4 Å². The Hall–Kier alpha value is -3.62. The van der Waals surface area contributed by atoms with Gasteiger partial charge in [-0.2, -0.15) is 0 Å². The van der Waals surface area contributed by atoms with Gasteiger partial charge in [0, 0.05) is 33.3 Å². The first kappa shape index (κ1) is 24.1. The maximum Gasteiger partial charge on any atom is 0.205 e. The molecular weight excluding hydrogens is 488 g/mol. The number of aromatic nitrogens is 2. The number of pyridine rings is 2. The van der Waals surface area contributed by atoms with E-state index in [1.165, 1.54) is 22.7 Å². The number of hydrogen-bond acceptors (Lipinski definition) is 8. The Morgan fingerprint density at radius 1 is 0.611 bits per heavy atom. The van der Waals surface area contributed by atoms with Crippen molar-refractivity contribution in [2.75, 3.05) is 11.5 Å². The summed E-state index contributed by atoms with van der Waals surface area (Å²) >= 11 is 2.61. The molecule has 8 heteroatoms. The van der Waals surface area contributed by atoms with Crippen molar-refractivity contribution in [2.24, 2.45) is 0 Å². The second-order valence-corrected chi connectivity index (χ2v) is 11.2. The Morgan fingerprint density at radius 2 is 0.944 bits per heavy atom. The van der Waals surface area contributed by atoms with Gasteiger partial charge in [-0.25, -0.2) is 9.97 Å². The molecule has 182 valence electrons. The summed E-state index contributed by atoms with van der Waals surface area (Å²) in [5.74, 6) is -0.368. The largest absolute Gasteiger partial charge is 0.397 e. The highest BCUT2D eigenvalue weighted by Crippen LogP contribution is 2.39. The minimum atomic E-state index is -0.184. The molecule has 0 aliphatic rings. The number of nitrogens with two attached hydrogens (primary N) is 2. The molecule has 5 rings (SSSR count). The summed E-state index contributed by atoms with van der Waals surface area (Å²) in [5.41, 5.74) is 20.8. The van der Waals surface area contributed by atoms with Gasteiger partial charge in [0.2, 0.25) is 11.6 Å². The zero-order valence-electron chi connectivity index (χ0n) is 21.0. The van der Waals surface area contributed by atoms with Crippen LogP contribution in [0.5, 0.6) is 0 Å². The molecule has 0 aliphatic heterocycles. The highest BCUT2D eigenvalue weighted by atomic mass is 32.1. The third-order valence-electron chi connectivity index (χ3n) is 7.17. The van der Waals surface area contributed by atoms with Crippen molar-refractivity contribution in [2.45, 2.75) is 41.5 Å². The monoisotopic (exact) mass is 514 g/mol. The summed E-state index contributed by atoms with van der Waals surface area (Å²) in [6.07, 6.45) is 0. The average molecular weight is 515 g/mol. The number of benzene rings is 1. The van der Waals surface area contributed by atoms with E-state index in [0.717, 1.165) is 54.1 Å². The van der Waals surface area contributed by atoms with Crippen LogP contribution in [-0.4, -0.2) is 21.5 Å². The van der Waals surface area contributed by atoms with Gasteiger partial charge in [-0.15, -0.1) is 22.7 Å². The molecule has 0 atom stereocenters. The first-order chi connectivity index (χ1) is 17.0. The number of anilines is 2. The van der Waals surface area contributed by atoms with Crippen molar-refractivity contribution < 1.29 is 9.59 Å². The first-order valence-corrected chi connectivity index (χ1v) is 13.2. The predicted molar refractivity (Wildman–Crippen MR) is 150 cm³/mol. The average Bonchev–Trinajstić information content (AvgIpc) is 3.36. The van der Waals surface area contributed by atoms with Crippen molar-refractivity contribution in [1.29, 1.82) is 0 Å². The lowest BCUT2D eigenvalue weighted by Gasteiger charge is -2.06. The molecule has 0 saturated carbocycles. The van der Waals surface area contributed by atoms with E-state index in [2.05, 4.69) is 9.97 Å². The van der Waals surface area contributed by atoms with Crippen LogP contribution in [0.4, 0.5) is 11.4 Å². The van der Waals surface area contributed by atoms with Gasteiger partial charge in [-0.1, -0.05) is 24.3 Å². The van der Waals surface area contributed by atoms with E-state index in [4.69, 9.17) is 11.5 Å². The molecule has 0 amide bonds. The van der Waals surface area contributed by atoms with Gasteiger partial charge in [0.25, 0.3) is 0 Å². The van der Waals surface area contributed by atoms with Gasteiger partial charge in [-0.05, 0) is 63.8 Å². The fourth-order valence-corrected chi connectivity index (χ4v) is 6.83. The van der Waals surface area contributed by atoms with Crippen molar-refractivity contribution in [3.05, 3.63) is 78.8 Å². The standard InChI is InChI=1S/C28H26N4O2S2/c1-11-13(3)19-21(29)25(35-27(19)31-15(11)5)23(33)17-7-9-18(10-8-17)24(34)26-22(30)20-14(4)12(2)16(6)32-28(20)36-26/h7-10H,29-30H2,1-6H3. The maximum absolute atomic E-state index is 13.3. The molecule has 0 spiro atoms. The third-order valence-corrected chi connectivity index (χ3v) is 9.37. The van der Waals surface area contributed by atoms with Crippen molar-refractivity contribution in [3.8, 4) is 0 Å². The second-order valence-electron chi connectivity index (χ2n) is 9.18. The van der Waals surface area contributed by atoms with Crippen LogP contribution in [0.3, 0.4) is 0 Å². The van der Waals surface area contributed by atoms with Crippen molar-refractivity contribution in [3.63, 3.8) is 0 Å². The molecule has 0 saturated heterocycles. The number of hydrogen-bond donors (Lipinski definition) is 2. The number of ketones is 2. The van der Waals surface area contributed by atoms with Gasteiger partial charge < -0.3 is 11.5 Å². The van der Waals surface area contributed by atoms with Crippen LogP contribution in [0.15, 0.2) is 24.3 Å². The van der Waals surface area contributed by atoms with E-state index in [9.17, 15) is 9.59 Å².